The van der Waals surface area contributed by atoms with Crippen LogP contribution in [0.15, 0.2) is 18.2 Å². The summed E-state index contributed by atoms with van der Waals surface area (Å²) in [5.41, 5.74) is 7.94. The Bertz CT molecular complexity index is 570. The van der Waals surface area contributed by atoms with Gasteiger partial charge in [-0.2, -0.15) is 0 Å². The van der Waals surface area contributed by atoms with Crippen LogP contribution in [0.5, 0.6) is 0 Å². The van der Waals surface area contributed by atoms with E-state index in [9.17, 15) is 9.59 Å². The molecule has 5 heteroatoms. The average molecular weight is 273 g/mol. The summed E-state index contributed by atoms with van der Waals surface area (Å²) in [6.45, 7) is 3.19. The highest BCUT2D eigenvalue weighted by Crippen LogP contribution is 2.29. The van der Waals surface area contributed by atoms with Crippen LogP contribution in [-0.2, 0) is 4.79 Å². The van der Waals surface area contributed by atoms with Crippen LogP contribution in [0.3, 0.4) is 0 Å². The van der Waals surface area contributed by atoms with Crippen LogP contribution in [-0.4, -0.2) is 35.8 Å². The number of carbonyl (C=O) groups is 2. The summed E-state index contributed by atoms with van der Waals surface area (Å²) in [6, 6.07) is 5.38. The third-order valence-electron chi connectivity index (χ3n) is 4.35. The predicted molar refractivity (Wildman–Crippen MR) is 76.1 cm³/mol. The lowest BCUT2D eigenvalue weighted by Crippen LogP contribution is -2.48. The maximum Gasteiger partial charge on any atom is 0.254 e. The monoisotopic (exact) mass is 273 g/mol. The summed E-state index contributed by atoms with van der Waals surface area (Å²) in [5, 5.41) is 2.87. The number of piperidine rings is 1. The molecule has 2 heterocycles. The number of nitrogens with one attached hydrogen (secondary N) is 1. The van der Waals surface area contributed by atoms with Crippen molar-refractivity contribution < 1.29 is 9.59 Å². The molecule has 0 aromatic heterocycles. The first kappa shape index (κ1) is 13.0. The number of likely N-dealkylation sites (tertiary alicyclic amines) is 1. The number of amides is 2. The molecule has 0 aliphatic carbocycles. The van der Waals surface area contributed by atoms with Gasteiger partial charge in [-0.3, -0.25) is 9.59 Å². The molecule has 3 rings (SSSR count). The van der Waals surface area contributed by atoms with Gasteiger partial charge in [0.25, 0.3) is 5.91 Å². The molecule has 2 saturated heterocycles. The minimum Gasteiger partial charge on any atom is -0.399 e. The topological polar surface area (TPSA) is 75.4 Å². The fourth-order valence-corrected chi connectivity index (χ4v) is 3.23. The van der Waals surface area contributed by atoms with Crippen LogP contribution in [0.4, 0.5) is 5.69 Å². The molecule has 2 unspecified atom stereocenters. The van der Waals surface area contributed by atoms with Crippen molar-refractivity contribution in [2.45, 2.75) is 25.8 Å². The third kappa shape index (κ3) is 2.03. The Kier molecular flexibility index (Phi) is 3.12. The van der Waals surface area contributed by atoms with E-state index in [1.807, 2.05) is 17.9 Å². The van der Waals surface area contributed by atoms with E-state index in [0.717, 1.165) is 18.4 Å². The quantitative estimate of drug-likeness (QED) is 0.747. The van der Waals surface area contributed by atoms with Gasteiger partial charge in [-0.25, -0.2) is 0 Å². The van der Waals surface area contributed by atoms with E-state index in [4.69, 9.17) is 5.73 Å². The molecule has 0 radical (unpaired) electrons. The summed E-state index contributed by atoms with van der Waals surface area (Å²) in [7, 11) is 0. The largest absolute Gasteiger partial charge is 0.399 e. The molecule has 106 valence electrons. The van der Waals surface area contributed by atoms with Crippen LogP contribution < -0.4 is 11.1 Å². The van der Waals surface area contributed by atoms with Gasteiger partial charge in [0, 0.05) is 24.3 Å². The average Bonchev–Trinajstić information content (AvgIpc) is 2.83. The van der Waals surface area contributed by atoms with E-state index in [1.54, 1.807) is 12.1 Å². The van der Waals surface area contributed by atoms with Crippen LogP contribution in [0, 0.1) is 12.8 Å². The zero-order valence-corrected chi connectivity index (χ0v) is 11.6. The number of aryl methyl sites for hydroxylation is 1. The Labute approximate surface area is 118 Å². The number of nitrogen functional groups attached to an aromatic ring is 1. The highest BCUT2D eigenvalue weighted by Gasteiger charge is 2.42. The van der Waals surface area contributed by atoms with Gasteiger partial charge in [-0.05, 0) is 37.5 Å². The van der Waals surface area contributed by atoms with Crippen LogP contribution in [0.25, 0.3) is 0 Å². The van der Waals surface area contributed by atoms with Crippen molar-refractivity contribution >= 4 is 17.5 Å². The maximum absolute atomic E-state index is 12.8. The van der Waals surface area contributed by atoms with Gasteiger partial charge in [-0.15, -0.1) is 0 Å². The lowest BCUT2D eigenvalue weighted by molar-refractivity contribution is -0.123. The van der Waals surface area contributed by atoms with Crippen molar-refractivity contribution in [2.75, 3.05) is 18.8 Å². The normalized spacial score (nSPS) is 25.2. The molecule has 0 spiro atoms. The highest BCUT2D eigenvalue weighted by molar-refractivity contribution is 5.97. The van der Waals surface area contributed by atoms with Gasteiger partial charge in [0.05, 0.1) is 12.0 Å². The van der Waals surface area contributed by atoms with Gasteiger partial charge >= 0.3 is 0 Å². The number of hydrogen-bond donors (Lipinski definition) is 2. The Morgan fingerprint density at radius 1 is 1.45 bits per heavy atom. The first-order chi connectivity index (χ1) is 9.58. The summed E-state index contributed by atoms with van der Waals surface area (Å²) in [6.07, 6.45) is 1.75. The maximum atomic E-state index is 12.8. The Balaban J connectivity index is 1.90. The number of anilines is 1. The molecule has 0 saturated carbocycles. The van der Waals surface area contributed by atoms with E-state index in [-0.39, 0.29) is 23.8 Å². The number of nitrogens with two attached hydrogens (primary N) is 1. The molecule has 20 heavy (non-hydrogen) atoms. The number of rotatable bonds is 1. The second kappa shape index (κ2) is 4.81. The number of fused-ring (bicyclic) bond motifs is 1. The van der Waals surface area contributed by atoms with Crippen molar-refractivity contribution in [3.63, 3.8) is 0 Å². The molecule has 0 bridgehead atoms. The predicted octanol–water partition coefficient (Wildman–Crippen LogP) is 0.928. The molecule has 2 amide bonds. The second-order valence-corrected chi connectivity index (χ2v) is 5.63. The minimum atomic E-state index is -0.0472. The Morgan fingerprint density at radius 3 is 3.05 bits per heavy atom. The van der Waals surface area contributed by atoms with Crippen molar-refractivity contribution in [1.29, 1.82) is 0 Å². The first-order valence-electron chi connectivity index (χ1n) is 7.03. The lowest BCUT2D eigenvalue weighted by atomic mass is 9.90. The highest BCUT2D eigenvalue weighted by atomic mass is 16.2. The van der Waals surface area contributed by atoms with E-state index < -0.39 is 0 Å². The van der Waals surface area contributed by atoms with Crippen LogP contribution >= 0.6 is 0 Å². The minimum absolute atomic E-state index is 0.00965. The van der Waals surface area contributed by atoms with E-state index in [0.29, 0.717) is 24.3 Å². The summed E-state index contributed by atoms with van der Waals surface area (Å²) >= 11 is 0. The lowest BCUT2D eigenvalue weighted by Gasteiger charge is -2.36. The second-order valence-electron chi connectivity index (χ2n) is 5.63. The molecule has 5 nitrogen and oxygen atoms in total. The first-order valence-corrected chi connectivity index (χ1v) is 7.03. The molecule has 2 fully saturated rings. The smallest absolute Gasteiger partial charge is 0.254 e. The van der Waals surface area contributed by atoms with E-state index in [1.165, 1.54) is 0 Å². The molecule has 1 aromatic rings. The Hall–Kier alpha value is -2.04. The van der Waals surface area contributed by atoms with Gasteiger partial charge < -0.3 is 16.0 Å². The van der Waals surface area contributed by atoms with E-state index in [2.05, 4.69) is 5.32 Å². The standard InChI is InChI=1S/C15H19N3O2/c1-9-4-5-10(16)7-12(9)15(20)18-6-2-3-11-13(18)8-17-14(11)19/h4-5,7,11,13H,2-3,6,8,16H2,1H3,(H,17,19). The molecule has 2 atom stereocenters. The van der Waals surface area contributed by atoms with Gasteiger partial charge in [-0.1, -0.05) is 6.07 Å². The fourth-order valence-electron chi connectivity index (χ4n) is 3.23. The molecule has 2 aliphatic heterocycles. The van der Waals surface area contributed by atoms with Gasteiger partial charge in [0.2, 0.25) is 5.91 Å². The number of hydrogen-bond acceptors (Lipinski definition) is 3. The van der Waals surface area contributed by atoms with Gasteiger partial charge in [0.1, 0.15) is 0 Å². The molecule has 1 aromatic carbocycles. The molecule has 3 N–H and O–H groups in total. The number of benzene rings is 1. The Morgan fingerprint density at radius 2 is 2.25 bits per heavy atom. The fraction of sp³-hybridized carbons (Fsp3) is 0.467. The van der Waals surface area contributed by atoms with Crippen molar-refractivity contribution in [3.05, 3.63) is 29.3 Å². The third-order valence-corrected chi connectivity index (χ3v) is 4.35. The number of carbonyl (C=O) groups excluding carboxylic acids is 2. The van der Waals surface area contributed by atoms with Crippen molar-refractivity contribution in [1.82, 2.24) is 10.2 Å². The van der Waals surface area contributed by atoms with Crippen molar-refractivity contribution in [3.8, 4) is 0 Å². The van der Waals surface area contributed by atoms with E-state index >= 15 is 0 Å². The van der Waals surface area contributed by atoms with Crippen molar-refractivity contribution in [2.24, 2.45) is 5.92 Å². The zero-order chi connectivity index (χ0) is 14.3. The SMILES string of the molecule is Cc1ccc(N)cc1C(=O)N1CCCC2C(=O)NCC21. The van der Waals surface area contributed by atoms with Gasteiger partial charge in [0.15, 0.2) is 0 Å². The number of nitrogens with zero attached hydrogens (tertiary/aromatic N) is 1. The van der Waals surface area contributed by atoms with Crippen LogP contribution in [0.1, 0.15) is 28.8 Å². The zero-order valence-electron chi connectivity index (χ0n) is 11.6. The van der Waals surface area contributed by atoms with Crippen LogP contribution in [0.2, 0.25) is 0 Å². The molecular weight excluding hydrogens is 254 g/mol. The summed E-state index contributed by atoms with van der Waals surface area (Å²) in [5.74, 6) is 0.0202. The summed E-state index contributed by atoms with van der Waals surface area (Å²) in [4.78, 5) is 26.4. The summed E-state index contributed by atoms with van der Waals surface area (Å²) < 4.78 is 0. The molecular formula is C15H19N3O2. The molecule has 2 aliphatic rings.